The molecule has 27 heavy (non-hydrogen) atoms. The molecule has 4 rings (SSSR count). The molecule has 1 N–H and O–H groups in total. The quantitative estimate of drug-likeness (QED) is 0.366. The maximum Gasteiger partial charge on any atom is 0.298 e. The number of ketones is 1. The van der Waals surface area contributed by atoms with Gasteiger partial charge in [-0.2, -0.15) is 0 Å². The number of carbonyl (C=O) groups excluding carboxylic acids is 2. The average molecular weight is 419 g/mol. The Morgan fingerprint density at radius 3 is 2.30 bits per heavy atom. The maximum atomic E-state index is 13.0. The molecule has 4 aromatic rings. The van der Waals surface area contributed by atoms with E-state index in [0.717, 1.165) is 21.1 Å². The van der Waals surface area contributed by atoms with Crippen LogP contribution in [0.3, 0.4) is 0 Å². The number of nitrogens with zero attached hydrogens (tertiary/aromatic N) is 1. The van der Waals surface area contributed by atoms with Gasteiger partial charge in [0.2, 0.25) is 0 Å². The van der Waals surface area contributed by atoms with E-state index >= 15 is 0 Å². The van der Waals surface area contributed by atoms with Gasteiger partial charge in [-0.25, -0.2) is 0 Å². The zero-order valence-corrected chi connectivity index (χ0v) is 15.8. The first-order valence-electron chi connectivity index (χ1n) is 8.40. The molecule has 0 saturated heterocycles. The smallest absolute Gasteiger partial charge is 0.298 e. The molecule has 5 heteroatoms. The summed E-state index contributed by atoms with van der Waals surface area (Å²) in [5.74, 6) is -1.25. The molecule has 132 valence electrons. The lowest BCUT2D eigenvalue weighted by Crippen LogP contribution is -2.24. The number of anilines is 1. The van der Waals surface area contributed by atoms with E-state index in [2.05, 4.69) is 21.2 Å². The number of aromatic nitrogens is 1. The molecular formula is C22H15BrN2O2. The van der Waals surface area contributed by atoms with Gasteiger partial charge in [0.15, 0.2) is 0 Å². The SMILES string of the molecule is O=C(Nc1ccc(Br)cc1)C(=O)c1c(-c2ccccc2)cc2ccccn12. The van der Waals surface area contributed by atoms with E-state index in [1.165, 1.54) is 0 Å². The van der Waals surface area contributed by atoms with Crippen LogP contribution in [0.25, 0.3) is 16.6 Å². The second kappa shape index (κ2) is 7.21. The summed E-state index contributed by atoms with van der Waals surface area (Å²) in [6.07, 6.45) is 1.79. The Bertz CT molecular complexity index is 1130. The van der Waals surface area contributed by atoms with Gasteiger partial charge in [0.05, 0.1) is 0 Å². The van der Waals surface area contributed by atoms with Crippen molar-refractivity contribution in [3.05, 3.63) is 95.2 Å². The number of rotatable bonds is 4. The number of benzene rings is 2. The number of nitrogens with one attached hydrogen (secondary N) is 1. The molecule has 2 aromatic heterocycles. The molecule has 0 unspecified atom stereocenters. The van der Waals surface area contributed by atoms with Crippen LogP contribution < -0.4 is 5.32 Å². The van der Waals surface area contributed by atoms with Crippen LogP contribution in [0, 0.1) is 0 Å². The number of pyridine rings is 1. The van der Waals surface area contributed by atoms with Crippen LogP contribution in [0.2, 0.25) is 0 Å². The van der Waals surface area contributed by atoms with Crippen LogP contribution in [0.4, 0.5) is 5.69 Å². The van der Waals surface area contributed by atoms with Crippen LogP contribution in [0.5, 0.6) is 0 Å². The lowest BCUT2D eigenvalue weighted by Gasteiger charge is -2.08. The normalized spacial score (nSPS) is 10.7. The van der Waals surface area contributed by atoms with Crippen molar-refractivity contribution in [2.75, 3.05) is 5.32 Å². The molecule has 0 atom stereocenters. The summed E-state index contributed by atoms with van der Waals surface area (Å²) in [5, 5.41) is 2.68. The molecule has 2 aromatic carbocycles. The second-order valence-electron chi connectivity index (χ2n) is 6.06. The molecule has 4 nitrogen and oxygen atoms in total. The van der Waals surface area contributed by atoms with Crippen molar-refractivity contribution in [3.8, 4) is 11.1 Å². The van der Waals surface area contributed by atoms with Crippen molar-refractivity contribution < 1.29 is 9.59 Å². The van der Waals surface area contributed by atoms with E-state index in [4.69, 9.17) is 0 Å². The third-order valence-electron chi connectivity index (χ3n) is 4.29. The van der Waals surface area contributed by atoms with Crippen LogP contribution in [-0.2, 0) is 4.79 Å². The molecular weight excluding hydrogens is 404 g/mol. The van der Waals surface area contributed by atoms with Gasteiger partial charge in [0.1, 0.15) is 5.69 Å². The lowest BCUT2D eigenvalue weighted by molar-refractivity contribution is -0.112. The summed E-state index contributed by atoms with van der Waals surface area (Å²) >= 11 is 3.35. The topological polar surface area (TPSA) is 50.6 Å². The monoisotopic (exact) mass is 418 g/mol. The largest absolute Gasteiger partial charge is 0.319 e. The van der Waals surface area contributed by atoms with Gasteiger partial charge in [0, 0.05) is 27.4 Å². The van der Waals surface area contributed by atoms with Crippen molar-refractivity contribution >= 4 is 38.8 Å². The zero-order valence-electron chi connectivity index (χ0n) is 14.2. The number of hydrogen-bond acceptors (Lipinski definition) is 2. The number of hydrogen-bond donors (Lipinski definition) is 1. The number of amides is 1. The molecule has 0 fully saturated rings. The minimum Gasteiger partial charge on any atom is -0.319 e. The average Bonchev–Trinajstić information content (AvgIpc) is 3.09. The van der Waals surface area contributed by atoms with E-state index < -0.39 is 11.7 Å². The Morgan fingerprint density at radius 2 is 1.56 bits per heavy atom. The number of Topliss-reactive ketones (excluding diaryl/α,β-unsaturated/α-hetero) is 1. The van der Waals surface area contributed by atoms with E-state index in [1.807, 2.05) is 66.7 Å². The van der Waals surface area contributed by atoms with E-state index in [-0.39, 0.29) is 0 Å². The van der Waals surface area contributed by atoms with Crippen LogP contribution in [-0.4, -0.2) is 16.1 Å². The number of carbonyl (C=O) groups is 2. The van der Waals surface area contributed by atoms with E-state index in [0.29, 0.717) is 11.4 Å². The fraction of sp³-hybridized carbons (Fsp3) is 0. The first-order chi connectivity index (χ1) is 13.1. The van der Waals surface area contributed by atoms with Crippen molar-refractivity contribution in [2.24, 2.45) is 0 Å². The fourth-order valence-corrected chi connectivity index (χ4v) is 3.29. The Hall–Kier alpha value is -3.18. The highest BCUT2D eigenvalue weighted by molar-refractivity contribution is 9.10. The molecule has 0 saturated carbocycles. The Kier molecular flexibility index (Phi) is 4.60. The van der Waals surface area contributed by atoms with Gasteiger partial charge in [-0.15, -0.1) is 0 Å². The molecule has 0 radical (unpaired) electrons. The van der Waals surface area contributed by atoms with Gasteiger partial charge in [-0.3, -0.25) is 9.59 Å². The van der Waals surface area contributed by atoms with Gasteiger partial charge in [-0.1, -0.05) is 52.3 Å². The minimum atomic E-state index is -0.668. The Labute approximate surface area is 164 Å². The third-order valence-corrected chi connectivity index (χ3v) is 4.82. The lowest BCUT2D eigenvalue weighted by atomic mass is 10.0. The summed E-state index contributed by atoms with van der Waals surface area (Å²) in [5.41, 5.74) is 3.40. The summed E-state index contributed by atoms with van der Waals surface area (Å²) in [4.78, 5) is 25.7. The van der Waals surface area contributed by atoms with Gasteiger partial charge in [0.25, 0.3) is 11.7 Å². The minimum absolute atomic E-state index is 0.353. The van der Waals surface area contributed by atoms with E-state index in [1.54, 1.807) is 22.7 Å². The zero-order chi connectivity index (χ0) is 18.8. The predicted molar refractivity (Wildman–Crippen MR) is 110 cm³/mol. The maximum absolute atomic E-state index is 13.0. The Morgan fingerprint density at radius 1 is 0.852 bits per heavy atom. The van der Waals surface area contributed by atoms with Gasteiger partial charge in [-0.05, 0) is 48.0 Å². The van der Waals surface area contributed by atoms with Gasteiger partial charge < -0.3 is 9.72 Å². The van der Waals surface area contributed by atoms with Crippen molar-refractivity contribution in [1.29, 1.82) is 0 Å². The number of halogens is 1. The summed E-state index contributed by atoms with van der Waals surface area (Å²) in [6.45, 7) is 0. The van der Waals surface area contributed by atoms with Gasteiger partial charge >= 0.3 is 0 Å². The molecule has 1 amide bonds. The van der Waals surface area contributed by atoms with Crippen molar-refractivity contribution in [3.63, 3.8) is 0 Å². The fourth-order valence-electron chi connectivity index (χ4n) is 3.02. The summed E-state index contributed by atoms with van der Waals surface area (Å²) < 4.78 is 2.65. The molecule has 0 aliphatic heterocycles. The first kappa shape index (κ1) is 17.2. The number of fused-ring (bicyclic) bond motifs is 1. The highest BCUT2D eigenvalue weighted by Gasteiger charge is 2.24. The highest BCUT2D eigenvalue weighted by atomic mass is 79.9. The van der Waals surface area contributed by atoms with Crippen molar-refractivity contribution in [1.82, 2.24) is 4.40 Å². The van der Waals surface area contributed by atoms with Crippen molar-refractivity contribution in [2.45, 2.75) is 0 Å². The first-order valence-corrected chi connectivity index (χ1v) is 9.19. The molecule has 0 bridgehead atoms. The molecule has 0 spiro atoms. The molecule has 2 heterocycles. The Balaban J connectivity index is 1.76. The molecule has 0 aliphatic carbocycles. The predicted octanol–water partition coefficient (Wildman–Crippen LogP) is 5.19. The van der Waals surface area contributed by atoms with Crippen LogP contribution in [0.1, 0.15) is 10.5 Å². The third kappa shape index (κ3) is 3.41. The van der Waals surface area contributed by atoms with Crippen LogP contribution in [0.15, 0.2) is 89.5 Å². The summed E-state index contributed by atoms with van der Waals surface area (Å²) in [7, 11) is 0. The standard InChI is InChI=1S/C22H15BrN2O2/c23-16-9-11-17(12-10-16)24-22(27)21(26)20-19(15-6-2-1-3-7-15)14-18-8-4-5-13-25(18)20/h1-14H,(H,24,27). The second-order valence-corrected chi connectivity index (χ2v) is 6.97. The van der Waals surface area contributed by atoms with Crippen LogP contribution >= 0.6 is 15.9 Å². The van der Waals surface area contributed by atoms with E-state index in [9.17, 15) is 9.59 Å². The molecule has 0 aliphatic rings. The highest BCUT2D eigenvalue weighted by Crippen LogP contribution is 2.28. The summed E-state index contributed by atoms with van der Waals surface area (Å²) in [6, 6.07) is 24.3.